The molecule has 7 nitrogen and oxygen atoms in total. The van der Waals surface area contributed by atoms with Crippen LogP contribution in [0.5, 0.6) is 23.0 Å². The van der Waals surface area contributed by atoms with Crippen molar-refractivity contribution in [2.75, 3.05) is 26.4 Å². The minimum Gasteiger partial charge on any atom is -0.493 e. The number of ether oxygens (including phenoxy) is 4. The Hall–Kier alpha value is -3.49. The lowest BCUT2D eigenvalue weighted by molar-refractivity contribution is -0.143. The molecule has 0 amide bonds. The van der Waals surface area contributed by atoms with Gasteiger partial charge in [-0.05, 0) is 79.5 Å². The molecule has 218 valence electrons. The van der Waals surface area contributed by atoms with Gasteiger partial charge in [0.25, 0.3) is 0 Å². The molecule has 2 aliphatic rings. The zero-order valence-electron chi connectivity index (χ0n) is 23.0. The minimum atomic E-state index is -0.982. The first-order valence-corrected chi connectivity index (χ1v) is 14.4. The molecule has 0 saturated carbocycles. The summed E-state index contributed by atoms with van der Waals surface area (Å²) >= 11 is 6.68. The Morgan fingerprint density at radius 1 is 1.12 bits per heavy atom. The molecule has 1 heterocycles. The second kappa shape index (κ2) is 13.0. The van der Waals surface area contributed by atoms with Gasteiger partial charge in [-0.2, -0.15) is 0 Å². The third kappa shape index (κ3) is 6.23. The van der Waals surface area contributed by atoms with Crippen molar-refractivity contribution in [3.8, 4) is 34.1 Å². The molecule has 0 bridgehead atoms. The molecule has 5 rings (SSSR count). The van der Waals surface area contributed by atoms with Gasteiger partial charge in [-0.25, -0.2) is 4.39 Å². The van der Waals surface area contributed by atoms with Gasteiger partial charge in [-0.15, -0.1) is 0 Å². The van der Waals surface area contributed by atoms with E-state index >= 15 is 4.39 Å². The number of aryl methyl sites for hydroxylation is 1. The van der Waals surface area contributed by atoms with Gasteiger partial charge in [0, 0.05) is 11.6 Å². The molecule has 0 fully saturated rings. The molecule has 2 N–H and O–H groups in total. The SMILES string of the molecule is CCOc1cc(O[C@H]2CCc3c(-c4ccc5c(c4F)OCCO5)cccc32)c(Cl)cc1CCCC[C@@H](CO)C(=O)O. The molecule has 3 aromatic carbocycles. The predicted molar refractivity (Wildman–Crippen MR) is 153 cm³/mol. The van der Waals surface area contributed by atoms with Gasteiger partial charge in [-0.3, -0.25) is 4.79 Å². The summed E-state index contributed by atoms with van der Waals surface area (Å²) in [5.74, 6) is -0.389. The first-order valence-electron chi connectivity index (χ1n) is 14.1. The summed E-state index contributed by atoms with van der Waals surface area (Å²) in [5, 5.41) is 18.8. The lowest BCUT2D eigenvalue weighted by atomic mass is 9.96. The first kappa shape index (κ1) is 29.0. The number of carbonyl (C=O) groups is 1. The molecule has 1 aliphatic carbocycles. The summed E-state index contributed by atoms with van der Waals surface area (Å²) < 4.78 is 38.9. The van der Waals surface area contributed by atoms with E-state index in [1.807, 2.05) is 37.3 Å². The van der Waals surface area contributed by atoms with E-state index in [2.05, 4.69) is 0 Å². The molecule has 1 aliphatic heterocycles. The van der Waals surface area contributed by atoms with Gasteiger partial charge in [0.1, 0.15) is 30.8 Å². The molecule has 9 heteroatoms. The van der Waals surface area contributed by atoms with Crippen LogP contribution in [0.15, 0.2) is 42.5 Å². The summed E-state index contributed by atoms with van der Waals surface area (Å²) in [6.07, 6.45) is 3.64. The number of halogens is 2. The molecule has 41 heavy (non-hydrogen) atoms. The van der Waals surface area contributed by atoms with Crippen molar-refractivity contribution >= 4 is 17.6 Å². The van der Waals surface area contributed by atoms with E-state index in [0.29, 0.717) is 66.9 Å². The van der Waals surface area contributed by atoms with Crippen LogP contribution >= 0.6 is 11.6 Å². The number of fused-ring (bicyclic) bond motifs is 2. The number of rotatable bonds is 12. The average molecular weight is 585 g/mol. The van der Waals surface area contributed by atoms with Crippen molar-refractivity contribution in [2.24, 2.45) is 5.92 Å². The molecule has 0 unspecified atom stereocenters. The van der Waals surface area contributed by atoms with E-state index in [1.165, 1.54) is 0 Å². The maximum Gasteiger partial charge on any atom is 0.308 e. The fourth-order valence-corrected chi connectivity index (χ4v) is 5.82. The Bertz CT molecular complexity index is 1410. The second-order valence-corrected chi connectivity index (χ2v) is 10.7. The first-order chi connectivity index (χ1) is 19.9. The van der Waals surface area contributed by atoms with Crippen LogP contribution in [0.3, 0.4) is 0 Å². The highest BCUT2D eigenvalue weighted by Gasteiger charge is 2.30. The number of benzene rings is 3. The number of aliphatic hydroxyl groups excluding tert-OH is 1. The smallest absolute Gasteiger partial charge is 0.308 e. The largest absolute Gasteiger partial charge is 0.493 e. The number of hydrogen-bond donors (Lipinski definition) is 2. The molecule has 0 saturated heterocycles. The standard InChI is InChI=1S/C32H34ClFO7/c1-2-38-28-17-29(25(33)16-19(28)6-3-4-7-20(18-35)32(36)37)41-26-12-10-22-21(8-5-9-23(22)26)24-11-13-27-31(30(24)34)40-15-14-39-27/h5,8-9,11,13,16-17,20,26,35H,2-4,6-7,10,12,14-15,18H2,1H3,(H,36,37)/t20-,26-/m0/s1. The third-order valence-electron chi connectivity index (χ3n) is 7.66. The van der Waals surface area contributed by atoms with Crippen LogP contribution in [0.2, 0.25) is 5.02 Å². The number of aliphatic hydroxyl groups is 1. The zero-order chi connectivity index (χ0) is 28.9. The fourth-order valence-electron chi connectivity index (χ4n) is 5.58. The van der Waals surface area contributed by atoms with Crippen LogP contribution in [-0.4, -0.2) is 42.6 Å². The van der Waals surface area contributed by atoms with Gasteiger partial charge < -0.3 is 29.2 Å². The number of aliphatic carboxylic acids is 1. The van der Waals surface area contributed by atoms with E-state index in [0.717, 1.165) is 41.5 Å². The quantitative estimate of drug-likeness (QED) is 0.226. The number of carboxylic acids is 1. The molecular weight excluding hydrogens is 551 g/mol. The molecule has 0 spiro atoms. The predicted octanol–water partition coefficient (Wildman–Crippen LogP) is 6.79. The lowest BCUT2D eigenvalue weighted by Crippen LogP contribution is -2.17. The summed E-state index contributed by atoms with van der Waals surface area (Å²) in [6, 6.07) is 13.0. The van der Waals surface area contributed by atoms with E-state index < -0.39 is 17.7 Å². The Labute approximate surface area is 243 Å². The highest BCUT2D eigenvalue weighted by atomic mass is 35.5. The Kier molecular flexibility index (Phi) is 9.20. The Morgan fingerprint density at radius 2 is 1.95 bits per heavy atom. The monoisotopic (exact) mass is 584 g/mol. The fraction of sp³-hybridized carbons (Fsp3) is 0.406. The van der Waals surface area contributed by atoms with Gasteiger partial charge in [0.2, 0.25) is 0 Å². The van der Waals surface area contributed by atoms with Gasteiger partial charge in [-0.1, -0.05) is 36.2 Å². The summed E-state index contributed by atoms with van der Waals surface area (Å²) in [6.45, 7) is 2.72. The van der Waals surface area contributed by atoms with Crippen LogP contribution in [-0.2, 0) is 17.6 Å². The van der Waals surface area contributed by atoms with Gasteiger partial charge >= 0.3 is 5.97 Å². The van der Waals surface area contributed by atoms with Crippen LogP contribution < -0.4 is 18.9 Å². The van der Waals surface area contributed by atoms with Crippen molar-refractivity contribution in [3.63, 3.8) is 0 Å². The van der Waals surface area contributed by atoms with Crippen LogP contribution in [0.1, 0.15) is 55.4 Å². The van der Waals surface area contributed by atoms with Crippen molar-refractivity contribution in [2.45, 2.75) is 51.6 Å². The van der Waals surface area contributed by atoms with Crippen molar-refractivity contribution < 1.29 is 38.3 Å². The van der Waals surface area contributed by atoms with E-state index in [4.69, 9.17) is 35.7 Å². The zero-order valence-corrected chi connectivity index (χ0v) is 23.7. The van der Waals surface area contributed by atoms with Crippen LogP contribution in [0.4, 0.5) is 4.39 Å². The molecule has 0 radical (unpaired) electrons. The normalized spacial score (nSPS) is 16.2. The van der Waals surface area contributed by atoms with Crippen molar-refractivity contribution in [1.82, 2.24) is 0 Å². The Balaban J connectivity index is 1.34. The third-order valence-corrected chi connectivity index (χ3v) is 7.95. The number of hydrogen-bond acceptors (Lipinski definition) is 6. The van der Waals surface area contributed by atoms with E-state index in [1.54, 1.807) is 12.1 Å². The van der Waals surface area contributed by atoms with Crippen LogP contribution in [0.25, 0.3) is 11.1 Å². The van der Waals surface area contributed by atoms with Crippen molar-refractivity contribution in [1.29, 1.82) is 0 Å². The Morgan fingerprint density at radius 3 is 2.73 bits per heavy atom. The number of unbranched alkanes of at least 4 members (excludes halogenated alkanes) is 1. The summed E-state index contributed by atoms with van der Waals surface area (Å²) in [5.41, 5.74) is 4.23. The highest BCUT2D eigenvalue weighted by molar-refractivity contribution is 6.32. The van der Waals surface area contributed by atoms with Gasteiger partial charge in [0.15, 0.2) is 17.3 Å². The topological polar surface area (TPSA) is 94.5 Å². The molecule has 2 atom stereocenters. The molecule has 3 aromatic rings. The van der Waals surface area contributed by atoms with E-state index in [9.17, 15) is 9.90 Å². The van der Waals surface area contributed by atoms with Crippen molar-refractivity contribution in [3.05, 3.63) is 70.0 Å². The summed E-state index contributed by atoms with van der Waals surface area (Å²) in [7, 11) is 0. The molecule has 0 aromatic heterocycles. The second-order valence-electron chi connectivity index (χ2n) is 10.3. The maximum atomic E-state index is 15.5. The molecular formula is C32H34ClFO7. The maximum absolute atomic E-state index is 15.5. The minimum absolute atomic E-state index is 0.155. The van der Waals surface area contributed by atoms with Gasteiger partial charge in [0.05, 0.1) is 24.2 Å². The number of carboxylic acid groups (broad SMARTS) is 1. The van der Waals surface area contributed by atoms with E-state index in [-0.39, 0.29) is 18.5 Å². The van der Waals surface area contributed by atoms with Crippen LogP contribution in [0, 0.1) is 11.7 Å². The highest BCUT2D eigenvalue weighted by Crippen LogP contribution is 2.45. The summed E-state index contributed by atoms with van der Waals surface area (Å²) in [4.78, 5) is 11.2. The lowest BCUT2D eigenvalue weighted by Gasteiger charge is -2.21. The average Bonchev–Trinajstić information content (AvgIpc) is 3.38.